The van der Waals surface area contributed by atoms with E-state index in [9.17, 15) is 0 Å². The van der Waals surface area contributed by atoms with Crippen molar-refractivity contribution in [3.63, 3.8) is 0 Å². The maximum absolute atomic E-state index is 6.03. The van der Waals surface area contributed by atoms with Gasteiger partial charge in [0, 0.05) is 23.1 Å². The Bertz CT molecular complexity index is 375. The molecule has 17 heavy (non-hydrogen) atoms. The molecule has 3 N–H and O–H groups in total. The Morgan fingerprint density at radius 1 is 1.65 bits per heavy atom. The summed E-state index contributed by atoms with van der Waals surface area (Å²) in [6.07, 6.45) is 4.43. The summed E-state index contributed by atoms with van der Waals surface area (Å²) in [4.78, 5) is 4.28. The molecule has 94 valence electrons. The summed E-state index contributed by atoms with van der Waals surface area (Å²) in [6, 6.07) is 2.52. The number of rotatable bonds is 4. The summed E-state index contributed by atoms with van der Waals surface area (Å²) in [7, 11) is 0. The van der Waals surface area contributed by atoms with Gasteiger partial charge in [-0.1, -0.05) is 6.92 Å². The lowest BCUT2D eigenvalue weighted by molar-refractivity contribution is 0.519. The minimum atomic E-state index is 0.347. The van der Waals surface area contributed by atoms with Crippen LogP contribution in [0.4, 0.5) is 5.82 Å². The Balaban J connectivity index is 2.27. The van der Waals surface area contributed by atoms with E-state index in [0.29, 0.717) is 17.1 Å². The van der Waals surface area contributed by atoms with Gasteiger partial charge in [-0.25, -0.2) is 4.98 Å². The molecule has 1 aliphatic heterocycles. The van der Waals surface area contributed by atoms with Crippen molar-refractivity contribution >= 4 is 17.6 Å². The smallest absolute Gasteiger partial charge is 0.128 e. The predicted octanol–water partition coefficient (Wildman–Crippen LogP) is 2.52. The predicted molar refractivity (Wildman–Crippen MR) is 75.3 cm³/mol. The van der Waals surface area contributed by atoms with Gasteiger partial charge in [0.05, 0.1) is 0 Å². The molecule has 1 aromatic rings. The zero-order chi connectivity index (χ0) is 12.3. The molecule has 0 amide bonds. The molecule has 0 saturated carbocycles. The number of pyridine rings is 1. The van der Waals surface area contributed by atoms with Crippen molar-refractivity contribution in [2.75, 3.05) is 18.0 Å². The summed E-state index contributed by atoms with van der Waals surface area (Å²) in [5, 5.41) is 4.21. The molecule has 1 saturated heterocycles. The van der Waals surface area contributed by atoms with E-state index < -0.39 is 0 Å². The molecule has 0 radical (unpaired) electrons. The van der Waals surface area contributed by atoms with Gasteiger partial charge >= 0.3 is 0 Å². The lowest BCUT2D eigenvalue weighted by atomic mass is 10.00. The fourth-order valence-electron chi connectivity index (χ4n) is 2.38. The van der Waals surface area contributed by atoms with Crippen molar-refractivity contribution in [1.82, 2.24) is 10.3 Å². The third kappa shape index (κ3) is 2.93. The van der Waals surface area contributed by atoms with Crippen molar-refractivity contribution in [3.8, 4) is 0 Å². The van der Waals surface area contributed by atoms with Crippen LogP contribution >= 0.6 is 11.8 Å². The second-order valence-corrected chi connectivity index (χ2v) is 5.92. The van der Waals surface area contributed by atoms with Crippen molar-refractivity contribution < 1.29 is 0 Å². The minimum absolute atomic E-state index is 0.347. The van der Waals surface area contributed by atoms with Crippen LogP contribution in [0.15, 0.2) is 12.3 Å². The van der Waals surface area contributed by atoms with Crippen LogP contribution in [0.1, 0.15) is 36.9 Å². The van der Waals surface area contributed by atoms with Crippen LogP contribution in [0, 0.1) is 6.92 Å². The van der Waals surface area contributed by atoms with Gasteiger partial charge in [-0.2, -0.15) is 11.8 Å². The number of aryl methyl sites for hydroxylation is 1. The number of nitrogens with zero attached hydrogens (tertiary/aromatic N) is 1. The quantitative estimate of drug-likeness (QED) is 0.863. The minimum Gasteiger partial charge on any atom is -0.383 e. The second-order valence-electron chi connectivity index (χ2n) is 4.57. The number of nitrogens with one attached hydrogen (secondary N) is 1. The molecule has 1 aliphatic rings. The zero-order valence-electron chi connectivity index (χ0n) is 10.6. The first kappa shape index (κ1) is 12.7. The Hall–Kier alpha value is -0.740. The van der Waals surface area contributed by atoms with Crippen LogP contribution in [-0.4, -0.2) is 22.5 Å². The van der Waals surface area contributed by atoms with Gasteiger partial charge in [-0.15, -0.1) is 0 Å². The number of hydrogen-bond donors (Lipinski definition) is 2. The van der Waals surface area contributed by atoms with Crippen LogP contribution in [0.5, 0.6) is 0 Å². The van der Waals surface area contributed by atoms with E-state index in [-0.39, 0.29) is 0 Å². The van der Waals surface area contributed by atoms with Crippen LogP contribution in [0.2, 0.25) is 0 Å². The molecule has 2 heterocycles. The van der Waals surface area contributed by atoms with E-state index in [1.54, 1.807) is 0 Å². The molecule has 2 rings (SSSR count). The second kappa shape index (κ2) is 5.74. The largest absolute Gasteiger partial charge is 0.383 e. The molecule has 3 nitrogen and oxygen atoms in total. The molecule has 0 spiro atoms. The molecule has 2 unspecified atom stereocenters. The van der Waals surface area contributed by atoms with E-state index in [1.807, 2.05) is 6.20 Å². The van der Waals surface area contributed by atoms with Crippen molar-refractivity contribution in [3.05, 3.63) is 23.4 Å². The third-order valence-electron chi connectivity index (χ3n) is 3.18. The first-order valence-electron chi connectivity index (χ1n) is 6.29. The van der Waals surface area contributed by atoms with Gasteiger partial charge in [0.1, 0.15) is 5.82 Å². The molecule has 1 aromatic heterocycles. The zero-order valence-corrected chi connectivity index (χ0v) is 11.4. The van der Waals surface area contributed by atoms with Crippen LogP contribution in [0.25, 0.3) is 0 Å². The Morgan fingerprint density at radius 2 is 2.47 bits per heavy atom. The van der Waals surface area contributed by atoms with E-state index in [2.05, 4.69) is 42.0 Å². The van der Waals surface area contributed by atoms with Gasteiger partial charge in [-0.05, 0) is 43.7 Å². The van der Waals surface area contributed by atoms with Crippen molar-refractivity contribution in [2.24, 2.45) is 0 Å². The average molecular weight is 251 g/mol. The molecule has 4 heteroatoms. The first-order valence-corrected chi connectivity index (χ1v) is 7.34. The molecule has 0 aromatic carbocycles. The van der Waals surface area contributed by atoms with Crippen LogP contribution < -0.4 is 11.1 Å². The van der Waals surface area contributed by atoms with E-state index in [1.165, 1.54) is 29.7 Å². The topological polar surface area (TPSA) is 50.9 Å². The number of anilines is 1. The van der Waals surface area contributed by atoms with E-state index in [0.717, 1.165) is 6.54 Å². The Morgan fingerprint density at radius 3 is 3.12 bits per heavy atom. The van der Waals surface area contributed by atoms with Gasteiger partial charge in [-0.3, -0.25) is 0 Å². The summed E-state index contributed by atoms with van der Waals surface area (Å²) < 4.78 is 0. The monoisotopic (exact) mass is 251 g/mol. The van der Waals surface area contributed by atoms with E-state index >= 15 is 0 Å². The molecular formula is C13H21N3S. The fraction of sp³-hybridized carbons (Fsp3) is 0.615. The summed E-state index contributed by atoms with van der Waals surface area (Å²) in [6.45, 7) is 5.18. The normalized spacial score (nSPS) is 21.6. The highest BCUT2D eigenvalue weighted by molar-refractivity contribution is 8.00. The number of hydrogen-bond acceptors (Lipinski definition) is 4. The summed E-state index contributed by atoms with van der Waals surface area (Å²) in [5.74, 6) is 1.94. The van der Waals surface area contributed by atoms with E-state index in [4.69, 9.17) is 5.73 Å². The number of nitrogen functional groups attached to an aromatic ring is 1. The maximum Gasteiger partial charge on any atom is 0.128 e. The van der Waals surface area contributed by atoms with Crippen LogP contribution in [0.3, 0.4) is 0 Å². The highest BCUT2D eigenvalue weighted by Gasteiger charge is 2.28. The Labute approximate surface area is 108 Å². The third-order valence-corrected chi connectivity index (χ3v) is 4.64. The molecule has 2 atom stereocenters. The SMILES string of the molecule is CCNC(c1cc(C)cnc1N)C1CCCS1. The summed E-state index contributed by atoms with van der Waals surface area (Å²) in [5.41, 5.74) is 8.38. The van der Waals surface area contributed by atoms with Gasteiger partial charge < -0.3 is 11.1 Å². The van der Waals surface area contributed by atoms with Crippen molar-refractivity contribution in [2.45, 2.75) is 38.0 Å². The van der Waals surface area contributed by atoms with Gasteiger partial charge in [0.2, 0.25) is 0 Å². The molecule has 1 fully saturated rings. The van der Waals surface area contributed by atoms with Gasteiger partial charge in [0.25, 0.3) is 0 Å². The average Bonchev–Trinajstić information content (AvgIpc) is 2.83. The number of aromatic nitrogens is 1. The highest BCUT2D eigenvalue weighted by atomic mass is 32.2. The fourth-order valence-corrected chi connectivity index (χ4v) is 3.78. The highest BCUT2D eigenvalue weighted by Crippen LogP contribution is 2.37. The number of thioether (sulfide) groups is 1. The maximum atomic E-state index is 6.03. The van der Waals surface area contributed by atoms with Crippen LogP contribution in [-0.2, 0) is 0 Å². The number of nitrogens with two attached hydrogens (primary N) is 1. The van der Waals surface area contributed by atoms with Gasteiger partial charge in [0.15, 0.2) is 0 Å². The molecular weight excluding hydrogens is 230 g/mol. The lowest BCUT2D eigenvalue weighted by Crippen LogP contribution is -2.29. The lowest BCUT2D eigenvalue weighted by Gasteiger charge is -2.25. The standard InChI is InChI=1S/C13H21N3S/c1-3-15-12(11-5-4-6-17-11)10-7-9(2)8-16-13(10)14/h7-8,11-12,15H,3-6H2,1-2H3,(H2,14,16). The molecule has 0 bridgehead atoms. The summed E-state index contributed by atoms with van der Waals surface area (Å²) >= 11 is 2.05. The van der Waals surface area contributed by atoms with Crippen molar-refractivity contribution in [1.29, 1.82) is 0 Å². The first-order chi connectivity index (χ1) is 8.22. The molecule has 0 aliphatic carbocycles. The Kier molecular flexibility index (Phi) is 4.29.